The Balaban J connectivity index is 1.93. The van der Waals surface area contributed by atoms with Gasteiger partial charge in [-0.3, -0.25) is 14.4 Å². The number of allylic oxidation sites excluding steroid dienone is 1. The van der Waals surface area contributed by atoms with Crippen LogP contribution in [-0.4, -0.2) is 24.5 Å². The quantitative estimate of drug-likeness (QED) is 0.644. The van der Waals surface area contributed by atoms with Gasteiger partial charge in [-0.1, -0.05) is 46.3 Å². The van der Waals surface area contributed by atoms with Crippen molar-refractivity contribution in [2.24, 2.45) is 5.73 Å². The second kappa shape index (κ2) is 5.90. The summed E-state index contributed by atoms with van der Waals surface area (Å²) in [5.74, 6) is -2.33. The predicted molar refractivity (Wildman–Crippen MR) is 109 cm³/mol. The number of hydrogen-bond donors (Lipinski definition) is 1. The molecule has 3 aliphatic rings. The van der Waals surface area contributed by atoms with Crippen LogP contribution in [0.2, 0.25) is 0 Å². The Kier molecular flexibility index (Phi) is 3.61. The second-order valence-corrected chi connectivity index (χ2v) is 8.05. The first-order chi connectivity index (χ1) is 14.3. The van der Waals surface area contributed by atoms with Crippen LogP contribution in [0, 0.1) is 11.3 Å². The zero-order valence-corrected chi connectivity index (χ0v) is 17.1. The number of benzene rings is 2. The molecular formula is C22H12BrN3O4. The molecule has 0 saturated carbocycles. The van der Waals surface area contributed by atoms with Crippen LogP contribution < -0.4 is 10.6 Å². The lowest BCUT2D eigenvalue weighted by Crippen LogP contribution is -2.49. The highest BCUT2D eigenvalue weighted by Crippen LogP contribution is 2.55. The Morgan fingerprint density at radius 2 is 1.77 bits per heavy atom. The van der Waals surface area contributed by atoms with Crippen molar-refractivity contribution in [1.82, 2.24) is 0 Å². The molecule has 7 nitrogen and oxygen atoms in total. The van der Waals surface area contributed by atoms with E-state index in [9.17, 15) is 19.6 Å². The summed E-state index contributed by atoms with van der Waals surface area (Å²) in [4.78, 5) is 41.9. The van der Waals surface area contributed by atoms with Gasteiger partial charge in [0.2, 0.25) is 17.6 Å². The molecule has 5 rings (SSSR count). The fourth-order valence-electron chi connectivity index (χ4n) is 4.46. The van der Waals surface area contributed by atoms with E-state index < -0.39 is 22.9 Å². The van der Waals surface area contributed by atoms with E-state index in [1.165, 1.54) is 17.0 Å². The largest absolute Gasteiger partial charge is 0.436 e. The molecular weight excluding hydrogens is 450 g/mol. The molecule has 2 heterocycles. The predicted octanol–water partition coefficient (Wildman–Crippen LogP) is 2.72. The molecule has 1 aliphatic carbocycles. The number of amides is 1. The SMILES string of the molecule is CN1C(=O)[C@@]2(C(C#N)=C(N)OC3=C2C(=O)c2ccccc2C3=O)c2ccc(Br)cc21. The van der Waals surface area contributed by atoms with Gasteiger partial charge < -0.3 is 15.4 Å². The maximum absolute atomic E-state index is 13.7. The number of Topliss-reactive ketones (excluding diaryl/α,β-unsaturated/α-hetero) is 2. The average Bonchev–Trinajstić information content (AvgIpc) is 2.94. The summed E-state index contributed by atoms with van der Waals surface area (Å²) in [5, 5.41) is 9.94. The lowest BCUT2D eigenvalue weighted by Gasteiger charge is -2.37. The molecule has 2 aromatic carbocycles. The Morgan fingerprint density at radius 3 is 2.43 bits per heavy atom. The van der Waals surface area contributed by atoms with E-state index in [1.54, 1.807) is 37.4 Å². The minimum atomic E-state index is -1.85. The second-order valence-electron chi connectivity index (χ2n) is 7.14. The van der Waals surface area contributed by atoms with Crippen LogP contribution in [0.1, 0.15) is 26.3 Å². The number of anilines is 1. The fraction of sp³-hybridized carbons (Fsp3) is 0.0909. The first-order valence-electron chi connectivity index (χ1n) is 8.93. The molecule has 0 bridgehead atoms. The van der Waals surface area contributed by atoms with E-state index in [4.69, 9.17) is 10.5 Å². The minimum Gasteiger partial charge on any atom is -0.436 e. The number of nitrogens with two attached hydrogens (primary N) is 1. The maximum atomic E-state index is 13.7. The molecule has 1 atom stereocenters. The third kappa shape index (κ3) is 1.95. The van der Waals surface area contributed by atoms with E-state index in [0.717, 1.165) is 0 Å². The van der Waals surface area contributed by atoms with Crippen molar-refractivity contribution in [1.29, 1.82) is 5.26 Å². The summed E-state index contributed by atoms with van der Waals surface area (Å²) in [6.07, 6.45) is 0. The highest BCUT2D eigenvalue weighted by molar-refractivity contribution is 9.10. The third-order valence-electron chi connectivity index (χ3n) is 5.75. The number of rotatable bonds is 0. The molecule has 0 unspecified atom stereocenters. The summed E-state index contributed by atoms with van der Waals surface area (Å²) in [6.45, 7) is 0. The van der Waals surface area contributed by atoms with Crippen molar-refractivity contribution >= 4 is 39.1 Å². The number of likely N-dealkylation sites (N-methyl/N-ethyl adjacent to an activating group) is 1. The van der Waals surface area contributed by atoms with Gasteiger partial charge in [0.1, 0.15) is 17.1 Å². The van der Waals surface area contributed by atoms with Gasteiger partial charge in [0.05, 0.1) is 5.57 Å². The summed E-state index contributed by atoms with van der Waals surface area (Å²) in [7, 11) is 1.55. The number of nitriles is 1. The topological polar surface area (TPSA) is 113 Å². The van der Waals surface area contributed by atoms with Crippen molar-refractivity contribution < 1.29 is 19.1 Å². The number of ketones is 2. The van der Waals surface area contributed by atoms with Gasteiger partial charge in [0.25, 0.3) is 0 Å². The molecule has 1 amide bonds. The zero-order chi connectivity index (χ0) is 21.4. The first-order valence-corrected chi connectivity index (χ1v) is 9.72. The minimum absolute atomic E-state index is 0.156. The lowest BCUT2D eigenvalue weighted by molar-refractivity contribution is -0.120. The van der Waals surface area contributed by atoms with Gasteiger partial charge in [-0.05, 0) is 12.1 Å². The van der Waals surface area contributed by atoms with Crippen molar-refractivity contribution in [3.8, 4) is 6.07 Å². The highest BCUT2D eigenvalue weighted by Gasteiger charge is 2.63. The zero-order valence-electron chi connectivity index (χ0n) is 15.5. The highest BCUT2D eigenvalue weighted by atomic mass is 79.9. The van der Waals surface area contributed by atoms with Crippen LogP contribution in [0.5, 0.6) is 0 Å². The number of fused-ring (bicyclic) bond motifs is 4. The van der Waals surface area contributed by atoms with Crippen molar-refractivity contribution in [3.63, 3.8) is 0 Å². The Morgan fingerprint density at radius 1 is 1.10 bits per heavy atom. The molecule has 0 saturated heterocycles. The number of nitrogens with zero attached hydrogens (tertiary/aromatic N) is 2. The van der Waals surface area contributed by atoms with Crippen molar-refractivity contribution in [3.05, 3.63) is 86.4 Å². The molecule has 2 aliphatic heterocycles. The summed E-state index contributed by atoms with van der Waals surface area (Å²) in [6, 6.07) is 13.3. The van der Waals surface area contributed by atoms with Gasteiger partial charge in [0, 0.05) is 33.9 Å². The lowest BCUT2D eigenvalue weighted by atomic mass is 9.64. The molecule has 1 spiro atoms. The van der Waals surface area contributed by atoms with Crippen LogP contribution in [0.4, 0.5) is 5.69 Å². The van der Waals surface area contributed by atoms with Crippen LogP contribution >= 0.6 is 15.9 Å². The van der Waals surface area contributed by atoms with Crippen LogP contribution in [0.3, 0.4) is 0 Å². The van der Waals surface area contributed by atoms with Gasteiger partial charge >= 0.3 is 0 Å². The first kappa shape index (κ1) is 18.3. The monoisotopic (exact) mass is 461 g/mol. The smallest absolute Gasteiger partial charge is 0.247 e. The van der Waals surface area contributed by atoms with Gasteiger partial charge in [-0.2, -0.15) is 5.26 Å². The number of hydrogen-bond acceptors (Lipinski definition) is 6. The molecule has 30 heavy (non-hydrogen) atoms. The van der Waals surface area contributed by atoms with Crippen LogP contribution in [0.15, 0.2) is 69.7 Å². The number of carbonyl (C=O) groups is 3. The van der Waals surface area contributed by atoms with Crippen molar-refractivity contribution in [2.45, 2.75) is 5.41 Å². The van der Waals surface area contributed by atoms with E-state index in [2.05, 4.69) is 15.9 Å². The Hall–Kier alpha value is -3.70. The van der Waals surface area contributed by atoms with E-state index in [1.807, 2.05) is 6.07 Å². The van der Waals surface area contributed by atoms with Crippen LogP contribution in [0.25, 0.3) is 0 Å². The number of carbonyl (C=O) groups excluding carboxylic acids is 3. The Bertz CT molecular complexity index is 1330. The van der Waals surface area contributed by atoms with Gasteiger partial charge in [0.15, 0.2) is 11.5 Å². The fourth-order valence-corrected chi connectivity index (χ4v) is 4.81. The summed E-state index contributed by atoms with van der Waals surface area (Å²) in [5.41, 5.74) is 5.02. The molecule has 0 fully saturated rings. The number of ether oxygens (including phenoxy) is 1. The van der Waals surface area contributed by atoms with Crippen LogP contribution in [-0.2, 0) is 14.9 Å². The molecule has 0 radical (unpaired) electrons. The normalized spacial score (nSPS) is 22.0. The molecule has 146 valence electrons. The summed E-state index contributed by atoms with van der Waals surface area (Å²) < 4.78 is 6.22. The van der Waals surface area contributed by atoms with Gasteiger partial charge in [-0.25, -0.2) is 0 Å². The van der Waals surface area contributed by atoms with E-state index in [-0.39, 0.29) is 33.9 Å². The molecule has 2 aromatic rings. The molecule has 0 aromatic heterocycles. The Labute approximate surface area is 179 Å². The average molecular weight is 462 g/mol. The summed E-state index contributed by atoms with van der Waals surface area (Å²) >= 11 is 3.38. The number of halogens is 1. The van der Waals surface area contributed by atoms with E-state index >= 15 is 0 Å². The molecule has 8 heteroatoms. The van der Waals surface area contributed by atoms with Crippen molar-refractivity contribution in [2.75, 3.05) is 11.9 Å². The standard InChI is InChI=1S/C22H12BrN3O4/c1-26-15-8-10(23)6-7-13(15)22(21(26)29)14(9-24)20(25)30-19-16(22)17(27)11-4-2-3-5-12(11)18(19)28/h2-8H,25H2,1H3/t22-/m1/s1. The third-order valence-corrected chi connectivity index (χ3v) is 6.24. The molecule has 2 N–H and O–H groups in total. The van der Waals surface area contributed by atoms with Gasteiger partial charge in [-0.15, -0.1) is 0 Å². The van der Waals surface area contributed by atoms with E-state index in [0.29, 0.717) is 15.7 Å². The maximum Gasteiger partial charge on any atom is 0.247 e.